The molecule has 0 aromatic heterocycles. The average molecular weight is 363 g/mol. The minimum Gasteiger partial charge on any atom is -0.492 e. The van der Waals surface area contributed by atoms with Crippen LogP contribution in [0.4, 0.5) is 5.69 Å². The summed E-state index contributed by atoms with van der Waals surface area (Å²) in [6, 6.07) is 7.67. The second kappa shape index (κ2) is 10.1. The second-order valence-corrected chi connectivity index (χ2v) is 6.65. The maximum Gasteiger partial charge on any atom is 0.317 e. The molecule has 1 aromatic rings. The maximum absolute atomic E-state index is 12.4. The first-order chi connectivity index (χ1) is 12.5. The molecule has 0 aliphatic carbocycles. The van der Waals surface area contributed by atoms with Crippen molar-refractivity contribution in [2.45, 2.75) is 32.2 Å². The quantitative estimate of drug-likeness (QED) is 0.734. The third-order valence-corrected chi connectivity index (χ3v) is 4.63. The normalized spacial score (nSPS) is 18.3. The lowest BCUT2D eigenvalue weighted by molar-refractivity contribution is -0.138. The number of para-hydroxylation sites is 2. The molecule has 144 valence electrons. The Hall–Kier alpha value is -2.12. The van der Waals surface area contributed by atoms with Gasteiger partial charge >= 0.3 is 5.97 Å². The Morgan fingerprint density at radius 1 is 1.31 bits per heavy atom. The molecule has 1 saturated heterocycles. The number of amides is 1. The van der Waals surface area contributed by atoms with E-state index in [0.717, 1.165) is 32.4 Å². The fourth-order valence-corrected chi connectivity index (χ4v) is 3.32. The van der Waals surface area contributed by atoms with Gasteiger partial charge in [-0.15, -0.1) is 0 Å². The molecule has 1 unspecified atom stereocenters. The number of carbonyl (C=O) groups excluding carboxylic acids is 1. The zero-order valence-corrected chi connectivity index (χ0v) is 15.6. The van der Waals surface area contributed by atoms with Gasteiger partial charge in [0.15, 0.2) is 0 Å². The molecule has 1 fully saturated rings. The molecule has 2 N–H and O–H groups in total. The SMILES string of the molecule is CCOc1ccccc1NC(=O)CN1CCCC(N(C)CC(=O)O)CC1. The molecule has 7 heteroatoms. The van der Waals surface area contributed by atoms with Crippen LogP contribution in [-0.4, -0.2) is 72.7 Å². The summed E-state index contributed by atoms with van der Waals surface area (Å²) in [5.74, 6) is -0.190. The Morgan fingerprint density at radius 3 is 2.81 bits per heavy atom. The van der Waals surface area contributed by atoms with E-state index in [1.54, 1.807) is 0 Å². The lowest BCUT2D eigenvalue weighted by Crippen LogP contribution is -2.37. The number of carboxylic acids is 1. The van der Waals surface area contributed by atoms with Gasteiger partial charge in [-0.1, -0.05) is 12.1 Å². The molecule has 1 aliphatic heterocycles. The molecule has 1 aromatic carbocycles. The number of rotatable bonds is 8. The Balaban J connectivity index is 1.85. The van der Waals surface area contributed by atoms with E-state index in [0.29, 0.717) is 24.6 Å². The van der Waals surface area contributed by atoms with Crippen molar-refractivity contribution < 1.29 is 19.4 Å². The highest BCUT2D eigenvalue weighted by molar-refractivity contribution is 5.93. The van der Waals surface area contributed by atoms with Crippen molar-refractivity contribution in [2.75, 3.05) is 45.2 Å². The summed E-state index contributed by atoms with van der Waals surface area (Å²) < 4.78 is 5.54. The van der Waals surface area contributed by atoms with Gasteiger partial charge in [0.05, 0.1) is 25.4 Å². The molecule has 1 amide bonds. The van der Waals surface area contributed by atoms with Gasteiger partial charge in [0.25, 0.3) is 0 Å². The predicted molar refractivity (Wildman–Crippen MR) is 101 cm³/mol. The first-order valence-electron chi connectivity index (χ1n) is 9.15. The predicted octanol–water partition coefficient (Wildman–Crippen LogP) is 1.89. The number of carboxylic acid groups (broad SMARTS) is 1. The van der Waals surface area contributed by atoms with Gasteiger partial charge in [0.2, 0.25) is 5.91 Å². The zero-order chi connectivity index (χ0) is 18.9. The van der Waals surface area contributed by atoms with Crippen LogP contribution < -0.4 is 10.1 Å². The molecule has 0 spiro atoms. The van der Waals surface area contributed by atoms with Crippen molar-refractivity contribution in [1.82, 2.24) is 9.80 Å². The van der Waals surface area contributed by atoms with Crippen LogP contribution in [0.1, 0.15) is 26.2 Å². The highest BCUT2D eigenvalue weighted by Crippen LogP contribution is 2.23. The number of carbonyl (C=O) groups is 2. The summed E-state index contributed by atoms with van der Waals surface area (Å²) in [5, 5.41) is 11.9. The number of likely N-dealkylation sites (N-methyl/N-ethyl adjacent to an activating group) is 1. The molecular formula is C19H29N3O4. The highest BCUT2D eigenvalue weighted by Gasteiger charge is 2.22. The van der Waals surface area contributed by atoms with Gasteiger partial charge in [-0.25, -0.2) is 0 Å². The van der Waals surface area contributed by atoms with Crippen LogP contribution in [0.5, 0.6) is 5.75 Å². The molecule has 0 saturated carbocycles. The van der Waals surface area contributed by atoms with Gasteiger partial charge in [0.1, 0.15) is 5.75 Å². The van der Waals surface area contributed by atoms with Crippen molar-refractivity contribution in [3.05, 3.63) is 24.3 Å². The highest BCUT2D eigenvalue weighted by atomic mass is 16.5. The number of likely N-dealkylation sites (tertiary alicyclic amines) is 1. The lowest BCUT2D eigenvalue weighted by atomic mass is 10.1. The minimum absolute atomic E-state index is 0.0549. The number of ether oxygens (including phenoxy) is 1. The molecule has 1 atom stereocenters. The minimum atomic E-state index is -0.805. The van der Waals surface area contributed by atoms with E-state index in [1.807, 2.05) is 43.1 Å². The number of hydrogen-bond acceptors (Lipinski definition) is 5. The maximum atomic E-state index is 12.4. The van der Waals surface area contributed by atoms with Crippen molar-refractivity contribution >= 4 is 17.6 Å². The zero-order valence-electron chi connectivity index (χ0n) is 15.6. The molecular weight excluding hydrogens is 334 g/mol. The molecule has 26 heavy (non-hydrogen) atoms. The summed E-state index contributed by atoms with van der Waals surface area (Å²) in [4.78, 5) is 27.3. The number of nitrogens with one attached hydrogen (secondary N) is 1. The van der Waals surface area contributed by atoms with Gasteiger partial charge in [-0.2, -0.15) is 0 Å². The van der Waals surface area contributed by atoms with Crippen molar-refractivity contribution in [3.63, 3.8) is 0 Å². The fraction of sp³-hybridized carbons (Fsp3) is 0.579. The molecule has 1 heterocycles. The van der Waals surface area contributed by atoms with E-state index < -0.39 is 5.97 Å². The largest absolute Gasteiger partial charge is 0.492 e. The Kier molecular flexibility index (Phi) is 7.87. The van der Waals surface area contributed by atoms with E-state index in [1.165, 1.54) is 0 Å². The Morgan fingerprint density at radius 2 is 2.08 bits per heavy atom. The van der Waals surface area contributed by atoms with Crippen LogP contribution >= 0.6 is 0 Å². The fourth-order valence-electron chi connectivity index (χ4n) is 3.32. The molecule has 2 rings (SSSR count). The summed E-state index contributed by atoms with van der Waals surface area (Å²) in [7, 11) is 1.85. The number of aliphatic carboxylic acids is 1. The molecule has 1 aliphatic rings. The van der Waals surface area contributed by atoms with Crippen LogP contribution in [0.25, 0.3) is 0 Å². The lowest BCUT2D eigenvalue weighted by Gasteiger charge is -2.25. The number of benzene rings is 1. The van der Waals surface area contributed by atoms with E-state index in [-0.39, 0.29) is 18.5 Å². The number of nitrogens with zero attached hydrogens (tertiary/aromatic N) is 2. The van der Waals surface area contributed by atoms with Gasteiger partial charge in [-0.3, -0.25) is 19.4 Å². The number of hydrogen-bond donors (Lipinski definition) is 2. The van der Waals surface area contributed by atoms with Crippen LogP contribution in [0, 0.1) is 0 Å². The Bertz CT molecular complexity index is 608. The van der Waals surface area contributed by atoms with Crippen LogP contribution in [0.15, 0.2) is 24.3 Å². The number of anilines is 1. The van der Waals surface area contributed by atoms with Crippen LogP contribution in [0.2, 0.25) is 0 Å². The van der Waals surface area contributed by atoms with Crippen LogP contribution in [0.3, 0.4) is 0 Å². The third kappa shape index (κ3) is 6.31. The molecule has 7 nitrogen and oxygen atoms in total. The topological polar surface area (TPSA) is 82.1 Å². The Labute approximate surface area is 154 Å². The summed E-state index contributed by atoms with van der Waals surface area (Å²) in [5.41, 5.74) is 0.688. The van der Waals surface area contributed by atoms with Crippen molar-refractivity contribution in [1.29, 1.82) is 0 Å². The van der Waals surface area contributed by atoms with E-state index in [2.05, 4.69) is 10.2 Å². The average Bonchev–Trinajstić information content (AvgIpc) is 2.82. The van der Waals surface area contributed by atoms with E-state index >= 15 is 0 Å². The molecule has 0 bridgehead atoms. The van der Waals surface area contributed by atoms with Crippen LogP contribution in [-0.2, 0) is 9.59 Å². The summed E-state index contributed by atoms with van der Waals surface area (Å²) >= 11 is 0. The summed E-state index contributed by atoms with van der Waals surface area (Å²) in [6.45, 7) is 4.47. The third-order valence-electron chi connectivity index (χ3n) is 4.63. The van der Waals surface area contributed by atoms with Crippen molar-refractivity contribution in [2.24, 2.45) is 0 Å². The van der Waals surface area contributed by atoms with E-state index in [4.69, 9.17) is 9.84 Å². The second-order valence-electron chi connectivity index (χ2n) is 6.65. The standard InChI is InChI=1S/C19H29N3O4/c1-3-26-17-9-5-4-8-16(17)20-18(23)13-22-11-6-7-15(10-12-22)21(2)14-19(24)25/h4-5,8-9,15H,3,6-7,10-14H2,1-2H3,(H,20,23)(H,24,25). The smallest absolute Gasteiger partial charge is 0.317 e. The first-order valence-corrected chi connectivity index (χ1v) is 9.15. The monoisotopic (exact) mass is 363 g/mol. The summed E-state index contributed by atoms with van der Waals surface area (Å²) in [6.07, 6.45) is 2.78. The van der Waals surface area contributed by atoms with Gasteiger partial charge in [-0.05, 0) is 51.9 Å². The molecule has 0 radical (unpaired) electrons. The van der Waals surface area contributed by atoms with E-state index in [9.17, 15) is 9.59 Å². The first kappa shape index (κ1) is 20.2. The van der Waals surface area contributed by atoms with Gasteiger partial charge < -0.3 is 15.2 Å². The van der Waals surface area contributed by atoms with Crippen molar-refractivity contribution in [3.8, 4) is 5.75 Å². The van der Waals surface area contributed by atoms with Gasteiger partial charge in [0, 0.05) is 12.6 Å².